The van der Waals surface area contributed by atoms with Crippen molar-refractivity contribution in [2.75, 3.05) is 12.9 Å². The monoisotopic (exact) mass is 721 g/mol. The molecule has 0 bridgehead atoms. The minimum Gasteiger partial charge on any atom is -0.496 e. The highest BCUT2D eigenvalue weighted by Gasteiger charge is 2.33. The van der Waals surface area contributed by atoms with Gasteiger partial charge in [0.15, 0.2) is 29.6 Å². The van der Waals surface area contributed by atoms with Crippen LogP contribution in [0.2, 0.25) is 0 Å². The predicted octanol–water partition coefficient (Wildman–Crippen LogP) is 8.82. The summed E-state index contributed by atoms with van der Waals surface area (Å²) in [5.74, 6) is -11.1. The lowest BCUT2D eigenvalue weighted by molar-refractivity contribution is -0.245. The van der Waals surface area contributed by atoms with E-state index in [-0.39, 0.29) is 25.4 Å². The van der Waals surface area contributed by atoms with E-state index in [2.05, 4.69) is 5.32 Å². The highest BCUT2D eigenvalue weighted by atomic mass is 32.2. The van der Waals surface area contributed by atoms with Crippen LogP contribution in [-0.2, 0) is 22.6 Å². The quantitative estimate of drug-likeness (QED) is 0.0615. The van der Waals surface area contributed by atoms with Crippen LogP contribution in [-0.4, -0.2) is 30.0 Å². The maximum Gasteiger partial charge on any atom is 0.257 e. The third-order valence-corrected chi connectivity index (χ3v) is 9.63. The van der Waals surface area contributed by atoms with Crippen LogP contribution >= 0.6 is 11.8 Å². The third-order valence-electron chi connectivity index (χ3n) is 8.44. The maximum atomic E-state index is 14.1. The number of carbonyl (C=O) groups is 1. The van der Waals surface area contributed by atoms with Gasteiger partial charge in [0.1, 0.15) is 11.3 Å². The van der Waals surface area contributed by atoms with Gasteiger partial charge in [0.2, 0.25) is 5.82 Å². The van der Waals surface area contributed by atoms with Crippen LogP contribution in [0.3, 0.4) is 0 Å². The van der Waals surface area contributed by atoms with Crippen molar-refractivity contribution in [1.82, 2.24) is 5.32 Å². The van der Waals surface area contributed by atoms with E-state index in [4.69, 9.17) is 14.2 Å². The summed E-state index contributed by atoms with van der Waals surface area (Å²) in [6.07, 6.45) is -0.501. The minimum atomic E-state index is -2.34. The normalized spacial score (nSPS) is 17.3. The second-order valence-electron chi connectivity index (χ2n) is 11.8. The van der Waals surface area contributed by atoms with Crippen LogP contribution < -0.4 is 10.1 Å². The minimum absolute atomic E-state index is 0.0575. The van der Waals surface area contributed by atoms with Gasteiger partial charge in [-0.25, -0.2) is 22.0 Å². The van der Waals surface area contributed by atoms with Crippen molar-refractivity contribution >= 4 is 17.7 Å². The summed E-state index contributed by atoms with van der Waals surface area (Å²) in [7, 11) is 1.64. The second kappa shape index (κ2) is 16.1. The second-order valence-corrected chi connectivity index (χ2v) is 12.8. The van der Waals surface area contributed by atoms with E-state index < -0.39 is 46.8 Å². The molecule has 0 radical (unpaired) electrons. The summed E-state index contributed by atoms with van der Waals surface area (Å²) in [4.78, 5) is 13.4. The number of para-hydroxylation sites is 1. The number of nitrogens with one attached hydrogen (secondary N) is 1. The van der Waals surface area contributed by atoms with Gasteiger partial charge >= 0.3 is 0 Å². The van der Waals surface area contributed by atoms with Crippen LogP contribution in [0.1, 0.15) is 51.4 Å². The summed E-state index contributed by atoms with van der Waals surface area (Å²) in [6, 6.07) is 29.9. The molecule has 264 valence electrons. The van der Waals surface area contributed by atoms with Crippen molar-refractivity contribution in [3.63, 3.8) is 0 Å². The first-order chi connectivity index (χ1) is 24.7. The van der Waals surface area contributed by atoms with E-state index in [1.807, 2.05) is 78.9 Å². The average Bonchev–Trinajstić information content (AvgIpc) is 3.18. The number of hydrogen-bond acceptors (Lipinski definition) is 6. The highest BCUT2D eigenvalue weighted by Crippen LogP contribution is 2.41. The van der Waals surface area contributed by atoms with Crippen molar-refractivity contribution in [2.24, 2.45) is 0 Å². The fourth-order valence-corrected chi connectivity index (χ4v) is 6.76. The lowest BCUT2D eigenvalue weighted by atomic mass is 9.99. The number of aliphatic hydroxyl groups is 1. The fraction of sp³-hybridized carbons (Fsp3) is 0.205. The van der Waals surface area contributed by atoms with Crippen molar-refractivity contribution in [3.8, 4) is 16.9 Å². The number of carbonyl (C=O) groups excluding carboxylic acids is 1. The molecule has 1 amide bonds. The van der Waals surface area contributed by atoms with Crippen molar-refractivity contribution in [3.05, 3.63) is 154 Å². The van der Waals surface area contributed by atoms with E-state index in [1.54, 1.807) is 37.1 Å². The number of rotatable bonds is 11. The van der Waals surface area contributed by atoms with Crippen molar-refractivity contribution < 1.29 is 46.1 Å². The first-order valence-corrected chi connectivity index (χ1v) is 16.9. The molecule has 1 fully saturated rings. The Labute approximate surface area is 295 Å². The molecule has 3 atom stereocenters. The van der Waals surface area contributed by atoms with E-state index in [9.17, 15) is 31.9 Å². The average molecular weight is 722 g/mol. The SMILES string of the molecule is COc1ccccc1SC[C@H]1C[C@@H](c2ccc(CO)cc2)O[C@@H](c2ccc(-c3cccc(CNC(=O)c4c(F)c(F)c(F)c(F)c4F)c3)cc2)O1. The molecule has 1 saturated heterocycles. The number of thioether (sulfide) groups is 1. The highest BCUT2D eigenvalue weighted by molar-refractivity contribution is 7.99. The first kappa shape index (κ1) is 36.1. The number of aliphatic hydroxyl groups excluding tert-OH is 1. The van der Waals surface area contributed by atoms with Gasteiger partial charge in [-0.2, -0.15) is 0 Å². The van der Waals surface area contributed by atoms with Crippen LogP contribution in [0.25, 0.3) is 11.1 Å². The molecular formula is C39H32F5NO5S. The molecule has 6 nitrogen and oxygen atoms in total. The molecule has 12 heteroatoms. The maximum absolute atomic E-state index is 14.1. The van der Waals surface area contributed by atoms with E-state index in [0.29, 0.717) is 17.7 Å². The molecule has 1 heterocycles. The molecule has 5 aromatic carbocycles. The molecule has 0 aliphatic carbocycles. The number of amides is 1. The molecule has 0 spiro atoms. The van der Waals surface area contributed by atoms with Gasteiger partial charge in [-0.05, 0) is 46.0 Å². The van der Waals surface area contributed by atoms with Gasteiger partial charge < -0.3 is 24.6 Å². The summed E-state index contributed by atoms with van der Waals surface area (Å²) in [6.45, 7) is -0.291. The largest absolute Gasteiger partial charge is 0.496 e. The van der Waals surface area contributed by atoms with Crippen LogP contribution in [0.15, 0.2) is 102 Å². The van der Waals surface area contributed by atoms with Gasteiger partial charge in [-0.15, -0.1) is 11.8 Å². The summed E-state index contributed by atoms with van der Waals surface area (Å²) in [5, 5.41) is 11.7. The molecule has 0 aromatic heterocycles. The molecule has 51 heavy (non-hydrogen) atoms. The zero-order valence-electron chi connectivity index (χ0n) is 27.2. The Bertz CT molecular complexity index is 1980. The zero-order chi connectivity index (χ0) is 36.1. The number of hydrogen-bond donors (Lipinski definition) is 2. The Morgan fingerprint density at radius 1 is 0.784 bits per heavy atom. The number of halogens is 5. The third kappa shape index (κ3) is 8.10. The number of benzene rings is 5. The zero-order valence-corrected chi connectivity index (χ0v) is 28.0. The fourth-order valence-electron chi connectivity index (χ4n) is 5.71. The smallest absolute Gasteiger partial charge is 0.257 e. The van der Waals surface area contributed by atoms with Crippen molar-refractivity contribution in [1.29, 1.82) is 0 Å². The molecule has 0 unspecified atom stereocenters. The summed E-state index contributed by atoms with van der Waals surface area (Å²) >= 11 is 1.64. The lowest BCUT2D eigenvalue weighted by Crippen LogP contribution is -2.31. The van der Waals surface area contributed by atoms with Gasteiger partial charge in [-0.3, -0.25) is 4.79 Å². The van der Waals surface area contributed by atoms with Gasteiger partial charge in [0, 0.05) is 29.2 Å². The van der Waals surface area contributed by atoms with E-state index >= 15 is 0 Å². The van der Waals surface area contributed by atoms with Crippen LogP contribution in [0, 0.1) is 29.1 Å². The molecule has 2 N–H and O–H groups in total. The van der Waals surface area contributed by atoms with Crippen LogP contribution in [0.5, 0.6) is 5.75 Å². The van der Waals surface area contributed by atoms with E-state index in [0.717, 1.165) is 38.5 Å². The van der Waals surface area contributed by atoms with Gasteiger partial charge in [0.25, 0.3) is 5.91 Å². The molecule has 5 aromatic rings. The number of ether oxygens (including phenoxy) is 3. The van der Waals surface area contributed by atoms with Gasteiger partial charge in [0.05, 0.1) is 25.9 Å². The summed E-state index contributed by atoms with van der Waals surface area (Å²) in [5.41, 5.74) is 3.09. The molecule has 1 aliphatic heterocycles. The molecule has 0 saturated carbocycles. The Hall–Kier alpha value is -4.75. The Kier molecular flexibility index (Phi) is 11.4. The summed E-state index contributed by atoms with van der Waals surface area (Å²) < 4.78 is 87.3. The topological polar surface area (TPSA) is 77.0 Å². The molecular weight excluding hydrogens is 689 g/mol. The molecule has 6 rings (SSSR count). The Morgan fingerprint density at radius 2 is 1.45 bits per heavy atom. The van der Waals surface area contributed by atoms with Crippen LogP contribution in [0.4, 0.5) is 22.0 Å². The van der Waals surface area contributed by atoms with E-state index in [1.165, 1.54) is 0 Å². The first-order valence-electron chi connectivity index (χ1n) is 15.9. The predicted molar refractivity (Wildman–Crippen MR) is 181 cm³/mol. The standard InChI is InChI=1S/C39H32F5NO5S/c1-48-29-7-2-3-8-31(29)51-21-28-18-30(25-11-9-22(20-46)10-12-25)50-39(49-28)26-15-13-24(14-16-26)27-6-4-5-23(17-27)19-45-38(47)32-33(40)35(42)37(44)36(43)34(32)41/h2-17,28,30,39,46H,18-21H2,1H3,(H,45,47)/t28-,30+,39+/m1/s1. The van der Waals surface area contributed by atoms with Crippen molar-refractivity contribution in [2.45, 2.75) is 43.0 Å². The number of methoxy groups -OCH3 is 1. The lowest BCUT2D eigenvalue weighted by Gasteiger charge is -2.36. The molecule has 1 aliphatic rings. The Balaban J connectivity index is 1.17. The van der Waals surface area contributed by atoms with Gasteiger partial charge in [-0.1, -0.05) is 78.9 Å². The Morgan fingerprint density at radius 3 is 2.14 bits per heavy atom.